The Morgan fingerprint density at radius 2 is 2.00 bits per heavy atom. The molecule has 8 unspecified atom stereocenters. The number of fused-ring (bicyclic) bond motifs is 5. The standard InChI is InChI=1S/C15H24O4/c1-3-7(2)15(18)19-12-5-8-4-10(12)13-9(8)6-11(16)14(13)17/h7-14,16-17H,3-6H2,1-2H3. The zero-order chi connectivity index (χ0) is 13.7. The molecule has 0 aromatic heterocycles. The van der Waals surface area contributed by atoms with Gasteiger partial charge in [0.2, 0.25) is 0 Å². The Morgan fingerprint density at radius 1 is 1.26 bits per heavy atom. The van der Waals surface area contributed by atoms with Gasteiger partial charge in [0.15, 0.2) is 0 Å². The molecule has 0 aliphatic heterocycles. The van der Waals surface area contributed by atoms with Crippen LogP contribution in [0.1, 0.15) is 39.5 Å². The quantitative estimate of drug-likeness (QED) is 0.758. The van der Waals surface area contributed by atoms with E-state index in [-0.39, 0.29) is 29.8 Å². The van der Waals surface area contributed by atoms with Crippen LogP contribution < -0.4 is 0 Å². The van der Waals surface area contributed by atoms with Gasteiger partial charge in [0.25, 0.3) is 0 Å². The van der Waals surface area contributed by atoms with Crippen molar-refractivity contribution in [3.63, 3.8) is 0 Å². The van der Waals surface area contributed by atoms with Crippen molar-refractivity contribution in [3.8, 4) is 0 Å². The topological polar surface area (TPSA) is 66.8 Å². The Morgan fingerprint density at radius 3 is 2.68 bits per heavy atom. The van der Waals surface area contributed by atoms with Crippen LogP contribution in [0.2, 0.25) is 0 Å². The van der Waals surface area contributed by atoms with Crippen molar-refractivity contribution in [2.45, 2.75) is 57.8 Å². The van der Waals surface area contributed by atoms with Crippen LogP contribution >= 0.6 is 0 Å². The van der Waals surface area contributed by atoms with Gasteiger partial charge < -0.3 is 14.9 Å². The van der Waals surface area contributed by atoms with E-state index >= 15 is 0 Å². The zero-order valence-electron chi connectivity index (χ0n) is 11.7. The number of hydrogen-bond donors (Lipinski definition) is 2. The van der Waals surface area contributed by atoms with Gasteiger partial charge in [-0.05, 0) is 43.4 Å². The number of rotatable bonds is 3. The average molecular weight is 268 g/mol. The molecular formula is C15H24O4. The van der Waals surface area contributed by atoms with Gasteiger partial charge in [0, 0.05) is 5.92 Å². The molecule has 3 aliphatic rings. The first kappa shape index (κ1) is 13.4. The molecule has 3 rings (SSSR count). The summed E-state index contributed by atoms with van der Waals surface area (Å²) in [5.74, 6) is 1.21. The molecule has 8 atom stereocenters. The molecule has 2 N–H and O–H groups in total. The fourth-order valence-corrected chi connectivity index (χ4v) is 4.56. The average Bonchev–Trinajstić information content (AvgIpc) is 3.02. The van der Waals surface area contributed by atoms with Gasteiger partial charge in [-0.25, -0.2) is 0 Å². The molecule has 3 saturated carbocycles. The van der Waals surface area contributed by atoms with Crippen LogP contribution in [0.25, 0.3) is 0 Å². The second-order valence-corrected chi connectivity index (χ2v) is 6.71. The molecule has 3 fully saturated rings. The molecule has 0 radical (unpaired) electrons. The number of aliphatic hydroxyl groups is 2. The summed E-state index contributed by atoms with van der Waals surface area (Å²) in [5.41, 5.74) is 0. The van der Waals surface area contributed by atoms with E-state index in [0.717, 1.165) is 25.7 Å². The van der Waals surface area contributed by atoms with Gasteiger partial charge in [-0.3, -0.25) is 4.79 Å². The predicted octanol–water partition coefficient (Wildman–Crippen LogP) is 1.34. The third-order valence-electron chi connectivity index (χ3n) is 5.77. The largest absolute Gasteiger partial charge is 0.462 e. The third kappa shape index (κ3) is 2.00. The summed E-state index contributed by atoms with van der Waals surface area (Å²) in [7, 11) is 0. The molecule has 0 aromatic carbocycles. The Bertz CT molecular complexity index is 369. The van der Waals surface area contributed by atoms with E-state index in [1.807, 2.05) is 13.8 Å². The monoisotopic (exact) mass is 268 g/mol. The first-order valence-corrected chi connectivity index (χ1v) is 7.59. The highest BCUT2D eigenvalue weighted by Gasteiger charge is 2.60. The Labute approximate surface area is 114 Å². The second-order valence-electron chi connectivity index (χ2n) is 6.71. The zero-order valence-corrected chi connectivity index (χ0v) is 11.7. The molecular weight excluding hydrogens is 244 g/mol. The first-order valence-electron chi connectivity index (χ1n) is 7.59. The van der Waals surface area contributed by atoms with Crippen molar-refractivity contribution >= 4 is 5.97 Å². The molecule has 108 valence electrons. The number of aliphatic hydroxyl groups excluding tert-OH is 2. The highest BCUT2D eigenvalue weighted by Crippen LogP contribution is 2.59. The van der Waals surface area contributed by atoms with Crippen LogP contribution in [-0.4, -0.2) is 34.5 Å². The lowest BCUT2D eigenvalue weighted by molar-refractivity contribution is -0.158. The minimum atomic E-state index is -0.620. The fraction of sp³-hybridized carbons (Fsp3) is 0.933. The summed E-state index contributed by atoms with van der Waals surface area (Å²) in [5, 5.41) is 19.9. The maximum Gasteiger partial charge on any atom is 0.308 e. The molecule has 4 heteroatoms. The lowest BCUT2D eigenvalue weighted by Crippen LogP contribution is -2.38. The molecule has 0 spiro atoms. The summed E-state index contributed by atoms with van der Waals surface area (Å²) >= 11 is 0. The molecule has 19 heavy (non-hydrogen) atoms. The molecule has 0 saturated heterocycles. The molecule has 0 aromatic rings. The van der Waals surface area contributed by atoms with E-state index in [2.05, 4.69) is 0 Å². The van der Waals surface area contributed by atoms with Gasteiger partial charge in [-0.1, -0.05) is 13.8 Å². The van der Waals surface area contributed by atoms with Crippen molar-refractivity contribution < 1.29 is 19.7 Å². The maximum atomic E-state index is 11.9. The summed E-state index contributed by atoms with van der Waals surface area (Å²) in [4.78, 5) is 11.9. The predicted molar refractivity (Wildman–Crippen MR) is 69.2 cm³/mol. The molecule has 0 amide bonds. The second kappa shape index (κ2) is 4.74. The lowest BCUT2D eigenvalue weighted by atomic mass is 9.79. The molecule has 4 nitrogen and oxygen atoms in total. The minimum absolute atomic E-state index is 0.0345. The van der Waals surface area contributed by atoms with E-state index in [1.54, 1.807) is 0 Å². The number of carbonyl (C=O) groups is 1. The van der Waals surface area contributed by atoms with Gasteiger partial charge >= 0.3 is 5.97 Å². The van der Waals surface area contributed by atoms with E-state index in [9.17, 15) is 15.0 Å². The molecule has 0 heterocycles. The lowest BCUT2D eigenvalue weighted by Gasteiger charge is -2.33. The van der Waals surface area contributed by atoms with Crippen LogP contribution in [0.4, 0.5) is 0 Å². The number of ether oxygens (including phenoxy) is 1. The third-order valence-corrected chi connectivity index (χ3v) is 5.77. The van der Waals surface area contributed by atoms with Gasteiger partial charge in [-0.2, -0.15) is 0 Å². The van der Waals surface area contributed by atoms with Crippen molar-refractivity contribution in [1.82, 2.24) is 0 Å². The summed E-state index contributed by atoms with van der Waals surface area (Å²) < 4.78 is 5.66. The number of carbonyl (C=O) groups excluding carboxylic acids is 1. The van der Waals surface area contributed by atoms with Crippen molar-refractivity contribution in [2.24, 2.45) is 29.6 Å². The Kier molecular flexibility index (Phi) is 3.34. The van der Waals surface area contributed by atoms with Gasteiger partial charge in [0.1, 0.15) is 6.10 Å². The van der Waals surface area contributed by atoms with E-state index in [1.165, 1.54) is 0 Å². The maximum absolute atomic E-state index is 11.9. The van der Waals surface area contributed by atoms with Crippen molar-refractivity contribution in [2.75, 3.05) is 0 Å². The summed E-state index contributed by atoms with van der Waals surface area (Å²) in [6.45, 7) is 3.88. The summed E-state index contributed by atoms with van der Waals surface area (Å²) in [6, 6.07) is 0. The van der Waals surface area contributed by atoms with E-state index < -0.39 is 12.2 Å². The summed E-state index contributed by atoms with van der Waals surface area (Å²) in [6.07, 6.45) is 2.26. The highest BCUT2D eigenvalue weighted by molar-refractivity contribution is 5.72. The van der Waals surface area contributed by atoms with Crippen LogP contribution in [0.3, 0.4) is 0 Å². The van der Waals surface area contributed by atoms with Crippen LogP contribution in [0.5, 0.6) is 0 Å². The highest BCUT2D eigenvalue weighted by atomic mass is 16.5. The Balaban J connectivity index is 1.67. The number of hydrogen-bond acceptors (Lipinski definition) is 4. The Hall–Kier alpha value is -0.610. The van der Waals surface area contributed by atoms with Crippen LogP contribution in [-0.2, 0) is 9.53 Å². The first-order chi connectivity index (χ1) is 9.02. The van der Waals surface area contributed by atoms with Crippen molar-refractivity contribution in [3.05, 3.63) is 0 Å². The smallest absolute Gasteiger partial charge is 0.308 e. The molecule has 3 aliphatic carbocycles. The minimum Gasteiger partial charge on any atom is -0.462 e. The normalized spacial score (nSPS) is 49.2. The van der Waals surface area contributed by atoms with Crippen molar-refractivity contribution in [1.29, 1.82) is 0 Å². The molecule has 2 bridgehead atoms. The van der Waals surface area contributed by atoms with Gasteiger partial charge in [0.05, 0.1) is 18.1 Å². The van der Waals surface area contributed by atoms with Gasteiger partial charge in [-0.15, -0.1) is 0 Å². The number of esters is 1. The van der Waals surface area contributed by atoms with E-state index in [0.29, 0.717) is 11.8 Å². The van der Waals surface area contributed by atoms with E-state index in [4.69, 9.17) is 4.74 Å². The SMILES string of the molecule is CCC(C)C(=O)OC1CC2CC1C1C(O)C(O)CC21. The van der Waals surface area contributed by atoms with Crippen LogP contribution in [0, 0.1) is 29.6 Å². The van der Waals surface area contributed by atoms with Crippen LogP contribution in [0.15, 0.2) is 0 Å². The fourth-order valence-electron chi connectivity index (χ4n) is 4.56.